The van der Waals surface area contributed by atoms with Gasteiger partial charge in [0.2, 0.25) is 0 Å². The van der Waals surface area contributed by atoms with Crippen molar-refractivity contribution >= 4 is 17.3 Å². The Balaban J connectivity index is 2.85. The summed E-state index contributed by atoms with van der Waals surface area (Å²) >= 11 is 0. The predicted molar refractivity (Wildman–Crippen MR) is 79.5 cm³/mol. The lowest BCUT2D eigenvalue weighted by Crippen LogP contribution is -2.25. The molecule has 0 atom stereocenters. The molecule has 0 fully saturated rings. The van der Waals surface area contributed by atoms with Gasteiger partial charge in [0.15, 0.2) is 0 Å². The van der Waals surface area contributed by atoms with E-state index in [9.17, 15) is 9.90 Å². The van der Waals surface area contributed by atoms with Gasteiger partial charge in [-0.25, -0.2) is 4.79 Å². The van der Waals surface area contributed by atoms with Gasteiger partial charge in [-0.15, -0.1) is 0 Å². The lowest BCUT2D eigenvalue weighted by Gasteiger charge is -2.26. The van der Waals surface area contributed by atoms with Gasteiger partial charge < -0.3 is 16.2 Å². The van der Waals surface area contributed by atoms with Crippen LogP contribution in [-0.2, 0) is 0 Å². The number of carboxylic acids is 1. The van der Waals surface area contributed by atoms with Gasteiger partial charge in [-0.05, 0) is 36.0 Å². The van der Waals surface area contributed by atoms with Gasteiger partial charge in [0, 0.05) is 17.9 Å². The summed E-state index contributed by atoms with van der Waals surface area (Å²) in [4.78, 5) is 11.2. The smallest absolute Gasteiger partial charge is 0.337 e. The van der Waals surface area contributed by atoms with Gasteiger partial charge in [0.1, 0.15) is 0 Å². The maximum absolute atomic E-state index is 11.2. The average Bonchev–Trinajstić information content (AvgIpc) is 2.29. The third-order valence-corrected chi connectivity index (χ3v) is 3.51. The monoisotopic (exact) mass is 264 g/mol. The Morgan fingerprint density at radius 1 is 1.26 bits per heavy atom. The Hall–Kier alpha value is -1.71. The fourth-order valence-electron chi connectivity index (χ4n) is 2.36. The van der Waals surface area contributed by atoms with E-state index in [-0.39, 0.29) is 5.56 Å². The van der Waals surface area contributed by atoms with Crippen molar-refractivity contribution in [2.45, 2.75) is 27.7 Å². The van der Waals surface area contributed by atoms with E-state index in [1.807, 2.05) is 0 Å². The van der Waals surface area contributed by atoms with E-state index < -0.39 is 5.97 Å². The molecule has 106 valence electrons. The van der Waals surface area contributed by atoms with Crippen molar-refractivity contribution < 1.29 is 9.90 Å². The second-order valence-corrected chi connectivity index (χ2v) is 5.64. The molecule has 0 saturated carbocycles. The molecule has 0 spiro atoms. The van der Waals surface area contributed by atoms with Crippen molar-refractivity contribution in [2.24, 2.45) is 17.8 Å². The molecule has 0 bridgehead atoms. The summed E-state index contributed by atoms with van der Waals surface area (Å²) in [5, 5.41) is 12.4. The standard InChI is InChI=1S/C15H24N2O2/c1-9(2)13(10(3)4)8-17-14-6-5-11(16)7-12(14)15(18)19/h5-7,9-10,13,17H,8,16H2,1-4H3,(H,18,19). The van der Waals surface area contributed by atoms with Gasteiger partial charge in [0.25, 0.3) is 0 Å². The number of rotatable bonds is 6. The molecular weight excluding hydrogens is 240 g/mol. The van der Waals surface area contributed by atoms with Crippen molar-refractivity contribution in [1.82, 2.24) is 0 Å². The molecule has 0 aromatic heterocycles. The topological polar surface area (TPSA) is 75.3 Å². The minimum Gasteiger partial charge on any atom is -0.478 e. The first-order chi connectivity index (χ1) is 8.82. The normalized spacial score (nSPS) is 11.3. The number of hydrogen-bond acceptors (Lipinski definition) is 3. The van der Waals surface area contributed by atoms with Crippen molar-refractivity contribution in [3.05, 3.63) is 23.8 Å². The van der Waals surface area contributed by atoms with Gasteiger partial charge in [0.05, 0.1) is 5.56 Å². The first-order valence-corrected chi connectivity index (χ1v) is 6.69. The van der Waals surface area contributed by atoms with Crippen LogP contribution < -0.4 is 11.1 Å². The molecule has 4 heteroatoms. The molecule has 4 N–H and O–H groups in total. The van der Waals surface area contributed by atoms with Crippen molar-refractivity contribution in [2.75, 3.05) is 17.6 Å². The van der Waals surface area contributed by atoms with Crippen LogP contribution in [0.15, 0.2) is 18.2 Å². The molecule has 0 aliphatic rings. The Kier molecular flexibility index (Phi) is 5.21. The van der Waals surface area contributed by atoms with Gasteiger partial charge in [-0.1, -0.05) is 27.7 Å². The number of anilines is 2. The quantitative estimate of drug-likeness (QED) is 0.689. The maximum Gasteiger partial charge on any atom is 0.337 e. The number of nitrogens with one attached hydrogen (secondary N) is 1. The number of carbonyl (C=O) groups is 1. The molecule has 0 aliphatic carbocycles. The summed E-state index contributed by atoms with van der Waals surface area (Å²) in [6.07, 6.45) is 0. The SMILES string of the molecule is CC(C)C(CNc1ccc(N)cc1C(=O)O)C(C)C. The molecule has 0 radical (unpaired) electrons. The van der Waals surface area contributed by atoms with Crippen molar-refractivity contribution in [3.8, 4) is 0 Å². The third kappa shape index (κ3) is 4.16. The molecule has 1 aromatic carbocycles. The van der Waals surface area contributed by atoms with Crippen LogP contribution in [0.1, 0.15) is 38.1 Å². The number of carboxylic acid groups (broad SMARTS) is 1. The van der Waals surface area contributed by atoms with Crippen LogP contribution in [0.5, 0.6) is 0 Å². The molecule has 0 saturated heterocycles. The van der Waals surface area contributed by atoms with Crippen LogP contribution in [-0.4, -0.2) is 17.6 Å². The van der Waals surface area contributed by atoms with E-state index in [0.29, 0.717) is 29.1 Å². The Morgan fingerprint density at radius 3 is 2.32 bits per heavy atom. The summed E-state index contributed by atoms with van der Waals surface area (Å²) in [6, 6.07) is 4.94. The minimum atomic E-state index is -0.958. The van der Waals surface area contributed by atoms with Crippen molar-refractivity contribution in [1.29, 1.82) is 0 Å². The first-order valence-electron chi connectivity index (χ1n) is 6.69. The van der Waals surface area contributed by atoms with E-state index in [0.717, 1.165) is 6.54 Å². The molecule has 1 aromatic rings. The highest BCUT2D eigenvalue weighted by Gasteiger charge is 2.18. The van der Waals surface area contributed by atoms with Crippen LogP contribution >= 0.6 is 0 Å². The zero-order valence-corrected chi connectivity index (χ0v) is 12.1. The zero-order valence-electron chi connectivity index (χ0n) is 12.1. The predicted octanol–water partition coefficient (Wildman–Crippen LogP) is 3.31. The summed E-state index contributed by atoms with van der Waals surface area (Å²) in [6.45, 7) is 9.52. The van der Waals surface area contributed by atoms with Gasteiger partial charge >= 0.3 is 5.97 Å². The van der Waals surface area contributed by atoms with E-state index in [4.69, 9.17) is 5.73 Å². The molecule has 0 heterocycles. The Morgan fingerprint density at radius 2 is 1.84 bits per heavy atom. The highest BCUT2D eigenvalue weighted by molar-refractivity contribution is 5.95. The number of hydrogen-bond donors (Lipinski definition) is 3. The van der Waals surface area contributed by atoms with Crippen LogP contribution in [0.4, 0.5) is 11.4 Å². The second-order valence-electron chi connectivity index (χ2n) is 5.64. The van der Waals surface area contributed by atoms with E-state index >= 15 is 0 Å². The van der Waals surface area contributed by atoms with Crippen LogP contribution in [0.3, 0.4) is 0 Å². The first kappa shape index (κ1) is 15.3. The number of benzene rings is 1. The summed E-state index contributed by atoms with van der Waals surface area (Å²) < 4.78 is 0. The number of aromatic carboxylic acids is 1. The number of nitrogens with two attached hydrogens (primary N) is 1. The maximum atomic E-state index is 11.2. The van der Waals surface area contributed by atoms with Gasteiger partial charge in [-0.3, -0.25) is 0 Å². The van der Waals surface area contributed by atoms with E-state index in [2.05, 4.69) is 33.0 Å². The summed E-state index contributed by atoms with van der Waals surface area (Å²) in [5.74, 6) is 0.642. The van der Waals surface area contributed by atoms with E-state index in [1.165, 1.54) is 6.07 Å². The molecule has 4 nitrogen and oxygen atoms in total. The fraction of sp³-hybridized carbons (Fsp3) is 0.533. The highest BCUT2D eigenvalue weighted by atomic mass is 16.4. The molecule has 0 unspecified atom stereocenters. The average molecular weight is 264 g/mol. The van der Waals surface area contributed by atoms with Crippen LogP contribution in [0, 0.1) is 17.8 Å². The molecule has 1 rings (SSSR count). The molecule has 0 amide bonds. The lowest BCUT2D eigenvalue weighted by atomic mass is 9.85. The Labute approximate surface area is 115 Å². The Bertz CT molecular complexity index is 434. The largest absolute Gasteiger partial charge is 0.478 e. The highest BCUT2D eigenvalue weighted by Crippen LogP contribution is 2.24. The lowest BCUT2D eigenvalue weighted by molar-refractivity contribution is 0.0698. The molecular formula is C15H24N2O2. The molecule has 19 heavy (non-hydrogen) atoms. The second kappa shape index (κ2) is 6.45. The number of nitrogen functional groups attached to an aromatic ring is 1. The summed E-state index contributed by atoms with van der Waals surface area (Å²) in [7, 11) is 0. The third-order valence-electron chi connectivity index (χ3n) is 3.51. The minimum absolute atomic E-state index is 0.228. The van der Waals surface area contributed by atoms with Crippen LogP contribution in [0.2, 0.25) is 0 Å². The molecule has 0 aliphatic heterocycles. The van der Waals surface area contributed by atoms with Crippen LogP contribution in [0.25, 0.3) is 0 Å². The fourth-order valence-corrected chi connectivity index (χ4v) is 2.36. The zero-order chi connectivity index (χ0) is 14.6. The van der Waals surface area contributed by atoms with Gasteiger partial charge in [-0.2, -0.15) is 0 Å². The van der Waals surface area contributed by atoms with E-state index in [1.54, 1.807) is 12.1 Å². The van der Waals surface area contributed by atoms with Crippen molar-refractivity contribution in [3.63, 3.8) is 0 Å². The summed E-state index contributed by atoms with van der Waals surface area (Å²) in [5.41, 5.74) is 6.95.